The van der Waals surface area contributed by atoms with Gasteiger partial charge in [-0.3, -0.25) is 4.68 Å². The van der Waals surface area contributed by atoms with Crippen LogP contribution in [0.2, 0.25) is 5.02 Å². The second-order valence-electron chi connectivity index (χ2n) is 5.71. The van der Waals surface area contributed by atoms with Gasteiger partial charge in [0.1, 0.15) is 0 Å². The van der Waals surface area contributed by atoms with Crippen LogP contribution in [0.1, 0.15) is 58.2 Å². The summed E-state index contributed by atoms with van der Waals surface area (Å²) >= 11 is 6.41. The van der Waals surface area contributed by atoms with E-state index in [1.807, 2.05) is 0 Å². The monoisotopic (exact) mass is 283 g/mol. The molecule has 0 aromatic carbocycles. The second kappa shape index (κ2) is 6.76. The minimum absolute atomic E-state index is 0.351. The van der Waals surface area contributed by atoms with Gasteiger partial charge in [-0.25, -0.2) is 0 Å². The summed E-state index contributed by atoms with van der Waals surface area (Å²) in [4.78, 5) is 0. The summed E-state index contributed by atoms with van der Waals surface area (Å²) in [6.45, 7) is 8.64. The molecular weight excluding hydrogens is 258 g/mol. The quantitative estimate of drug-likeness (QED) is 0.854. The van der Waals surface area contributed by atoms with Gasteiger partial charge in [0.05, 0.1) is 23.0 Å². The highest BCUT2D eigenvalue weighted by molar-refractivity contribution is 6.31. The van der Waals surface area contributed by atoms with E-state index in [1.54, 1.807) is 6.20 Å². The molecule has 1 saturated carbocycles. The van der Waals surface area contributed by atoms with E-state index in [1.165, 1.54) is 25.0 Å². The molecule has 2 rings (SSSR count). The minimum Gasteiger partial charge on any atom is -0.309 e. The maximum atomic E-state index is 6.41. The number of hydrogen-bond donors (Lipinski definition) is 1. The molecular formula is C15H26ClN3. The summed E-state index contributed by atoms with van der Waals surface area (Å²) in [5.41, 5.74) is 1.20. The molecule has 1 heterocycles. The summed E-state index contributed by atoms with van der Waals surface area (Å²) in [7, 11) is 0. The molecule has 0 bridgehead atoms. The van der Waals surface area contributed by atoms with Crippen LogP contribution in [0.4, 0.5) is 0 Å². The summed E-state index contributed by atoms with van der Waals surface area (Å²) in [6.07, 6.45) is 6.87. The second-order valence-corrected chi connectivity index (χ2v) is 6.12. The third-order valence-corrected chi connectivity index (χ3v) is 4.63. The Labute approximate surface area is 121 Å². The standard InChI is InChI=1S/C15H26ClN3/c1-4-9-19-15(13(16)10-18-19)14(17-5-2)12-8-6-7-11(12)3/h10-12,14,17H,4-9H2,1-3H3. The van der Waals surface area contributed by atoms with E-state index in [0.29, 0.717) is 12.0 Å². The topological polar surface area (TPSA) is 29.9 Å². The number of aryl methyl sites for hydroxylation is 1. The van der Waals surface area contributed by atoms with Crippen LogP contribution >= 0.6 is 11.6 Å². The SMILES string of the molecule is CCCn1ncc(Cl)c1C(NCC)C1CCCC1C. The minimum atomic E-state index is 0.351. The van der Waals surface area contributed by atoms with Crippen LogP contribution in [0.3, 0.4) is 0 Å². The van der Waals surface area contributed by atoms with Crippen molar-refractivity contribution in [3.05, 3.63) is 16.9 Å². The van der Waals surface area contributed by atoms with Crippen molar-refractivity contribution >= 4 is 11.6 Å². The molecule has 1 aliphatic rings. The Morgan fingerprint density at radius 3 is 2.84 bits per heavy atom. The smallest absolute Gasteiger partial charge is 0.0834 e. The molecule has 0 saturated heterocycles. The van der Waals surface area contributed by atoms with Crippen molar-refractivity contribution in [3.8, 4) is 0 Å². The fourth-order valence-electron chi connectivity index (χ4n) is 3.41. The van der Waals surface area contributed by atoms with Crippen LogP contribution in [0.25, 0.3) is 0 Å². The molecule has 1 fully saturated rings. The molecule has 3 nitrogen and oxygen atoms in total. The van der Waals surface area contributed by atoms with E-state index in [0.717, 1.165) is 30.5 Å². The third kappa shape index (κ3) is 3.14. The van der Waals surface area contributed by atoms with Crippen LogP contribution in [-0.4, -0.2) is 16.3 Å². The lowest BCUT2D eigenvalue weighted by molar-refractivity contribution is 0.290. The zero-order valence-electron chi connectivity index (χ0n) is 12.3. The van der Waals surface area contributed by atoms with Gasteiger partial charge in [-0.1, -0.05) is 45.2 Å². The van der Waals surface area contributed by atoms with Gasteiger partial charge >= 0.3 is 0 Å². The van der Waals surface area contributed by atoms with Crippen molar-refractivity contribution in [2.24, 2.45) is 11.8 Å². The zero-order valence-corrected chi connectivity index (χ0v) is 13.1. The van der Waals surface area contributed by atoms with Crippen LogP contribution in [0.15, 0.2) is 6.20 Å². The molecule has 4 heteroatoms. The van der Waals surface area contributed by atoms with Crippen LogP contribution < -0.4 is 5.32 Å². The molecule has 1 aromatic rings. The van der Waals surface area contributed by atoms with Crippen molar-refractivity contribution in [3.63, 3.8) is 0 Å². The third-order valence-electron chi connectivity index (χ3n) is 4.34. The van der Waals surface area contributed by atoms with Gasteiger partial charge in [0, 0.05) is 6.54 Å². The number of nitrogens with zero attached hydrogens (tertiary/aromatic N) is 2. The summed E-state index contributed by atoms with van der Waals surface area (Å²) in [5, 5.41) is 8.92. The van der Waals surface area contributed by atoms with E-state index in [9.17, 15) is 0 Å². The Morgan fingerprint density at radius 1 is 1.47 bits per heavy atom. The van der Waals surface area contributed by atoms with Gasteiger partial charge in [-0.05, 0) is 31.2 Å². The number of rotatable bonds is 6. The Morgan fingerprint density at radius 2 is 2.26 bits per heavy atom. The first-order valence-electron chi connectivity index (χ1n) is 7.63. The predicted molar refractivity (Wildman–Crippen MR) is 80.5 cm³/mol. The highest BCUT2D eigenvalue weighted by Crippen LogP contribution is 2.41. The molecule has 0 spiro atoms. The fraction of sp³-hybridized carbons (Fsp3) is 0.800. The number of nitrogens with one attached hydrogen (secondary N) is 1. The first-order chi connectivity index (χ1) is 9.19. The highest BCUT2D eigenvalue weighted by atomic mass is 35.5. The van der Waals surface area contributed by atoms with Gasteiger partial charge in [-0.2, -0.15) is 5.10 Å². The van der Waals surface area contributed by atoms with Gasteiger partial charge in [0.2, 0.25) is 0 Å². The van der Waals surface area contributed by atoms with E-state index in [2.05, 4.69) is 35.9 Å². The van der Waals surface area contributed by atoms with Crippen molar-refractivity contribution < 1.29 is 0 Å². The first-order valence-corrected chi connectivity index (χ1v) is 8.01. The lowest BCUT2D eigenvalue weighted by Crippen LogP contribution is -2.32. The molecule has 0 amide bonds. The molecule has 1 N–H and O–H groups in total. The van der Waals surface area contributed by atoms with Crippen molar-refractivity contribution in [1.29, 1.82) is 0 Å². The number of hydrogen-bond acceptors (Lipinski definition) is 2. The lowest BCUT2D eigenvalue weighted by Gasteiger charge is -2.28. The summed E-state index contributed by atoms with van der Waals surface area (Å²) in [6, 6.07) is 0.351. The normalized spacial score (nSPS) is 24.8. The van der Waals surface area contributed by atoms with Gasteiger partial charge < -0.3 is 5.32 Å². The Hall–Kier alpha value is -0.540. The summed E-state index contributed by atoms with van der Waals surface area (Å²) in [5.74, 6) is 1.45. The average molecular weight is 284 g/mol. The van der Waals surface area contributed by atoms with E-state index >= 15 is 0 Å². The lowest BCUT2D eigenvalue weighted by atomic mass is 9.88. The maximum Gasteiger partial charge on any atom is 0.0834 e. The van der Waals surface area contributed by atoms with E-state index in [-0.39, 0.29) is 0 Å². The van der Waals surface area contributed by atoms with E-state index < -0.39 is 0 Å². The molecule has 19 heavy (non-hydrogen) atoms. The van der Waals surface area contributed by atoms with Gasteiger partial charge in [0.15, 0.2) is 0 Å². The molecule has 0 aliphatic heterocycles. The largest absolute Gasteiger partial charge is 0.309 e. The van der Waals surface area contributed by atoms with Gasteiger partial charge in [0.25, 0.3) is 0 Å². The molecule has 3 atom stereocenters. The molecule has 1 aromatic heterocycles. The Balaban J connectivity index is 2.30. The molecule has 1 aliphatic carbocycles. The predicted octanol–water partition coefficient (Wildman–Crippen LogP) is 4.03. The van der Waals surface area contributed by atoms with Crippen molar-refractivity contribution in [2.45, 2.75) is 59.0 Å². The first kappa shape index (κ1) is 14.9. The Bertz CT molecular complexity index is 402. The molecule has 0 radical (unpaired) electrons. The van der Waals surface area contributed by atoms with E-state index in [4.69, 9.17) is 11.6 Å². The summed E-state index contributed by atoms with van der Waals surface area (Å²) < 4.78 is 2.10. The van der Waals surface area contributed by atoms with Crippen LogP contribution in [0, 0.1) is 11.8 Å². The van der Waals surface area contributed by atoms with Gasteiger partial charge in [-0.15, -0.1) is 0 Å². The van der Waals surface area contributed by atoms with Crippen LogP contribution in [0.5, 0.6) is 0 Å². The molecule has 3 unspecified atom stereocenters. The fourth-order valence-corrected chi connectivity index (χ4v) is 3.67. The zero-order chi connectivity index (χ0) is 13.8. The van der Waals surface area contributed by atoms with Crippen molar-refractivity contribution in [2.75, 3.05) is 6.54 Å². The molecule has 108 valence electrons. The average Bonchev–Trinajstić information content (AvgIpc) is 2.95. The maximum absolute atomic E-state index is 6.41. The highest BCUT2D eigenvalue weighted by Gasteiger charge is 2.34. The van der Waals surface area contributed by atoms with Crippen LogP contribution in [-0.2, 0) is 6.54 Å². The van der Waals surface area contributed by atoms with Crippen molar-refractivity contribution in [1.82, 2.24) is 15.1 Å². The number of halogens is 1. The Kier molecular flexibility index (Phi) is 5.28. The number of aromatic nitrogens is 2.